The molecule has 0 spiro atoms. The van der Waals surface area contributed by atoms with Crippen molar-refractivity contribution in [1.82, 2.24) is 14.1 Å². The summed E-state index contributed by atoms with van der Waals surface area (Å²) >= 11 is 0. The molecule has 0 saturated heterocycles. The summed E-state index contributed by atoms with van der Waals surface area (Å²) in [4.78, 5) is 4.83. The molecule has 0 atom stereocenters. The highest BCUT2D eigenvalue weighted by Crippen LogP contribution is 2.39. The van der Waals surface area contributed by atoms with Crippen LogP contribution in [0.1, 0.15) is 0 Å². The average Bonchev–Trinajstić information content (AvgIpc) is 3.61. The van der Waals surface area contributed by atoms with Gasteiger partial charge in [-0.15, -0.1) is 0 Å². The van der Waals surface area contributed by atoms with Gasteiger partial charge in [0.1, 0.15) is 0 Å². The van der Waals surface area contributed by atoms with Gasteiger partial charge in [-0.25, -0.2) is 0 Å². The van der Waals surface area contributed by atoms with Crippen LogP contribution in [0.2, 0.25) is 0 Å². The molecule has 0 bridgehead atoms. The summed E-state index contributed by atoms with van der Waals surface area (Å²) in [5, 5.41) is 3.64. The topological polar surface area (TPSA) is 22.8 Å². The van der Waals surface area contributed by atoms with Gasteiger partial charge in [-0.2, -0.15) is 0 Å². The Balaban J connectivity index is 1.26. The van der Waals surface area contributed by atoms with Gasteiger partial charge in [0.05, 0.1) is 33.3 Å². The smallest absolute Gasteiger partial charge is 0.0963 e. The zero-order chi connectivity index (χ0) is 29.0. The molecular formula is C41H27N3. The summed E-state index contributed by atoms with van der Waals surface area (Å²) in [6.45, 7) is 0. The van der Waals surface area contributed by atoms with Crippen LogP contribution in [0.25, 0.3) is 77.4 Å². The first kappa shape index (κ1) is 24.6. The zero-order valence-electron chi connectivity index (χ0n) is 23.9. The van der Waals surface area contributed by atoms with Crippen molar-refractivity contribution in [2.75, 3.05) is 0 Å². The number of aromatic nitrogens is 3. The summed E-state index contributed by atoms with van der Waals surface area (Å²) < 4.78 is 4.72. The van der Waals surface area contributed by atoms with Crippen LogP contribution in [-0.2, 0) is 0 Å². The Morgan fingerprint density at radius 1 is 0.386 bits per heavy atom. The number of nitrogens with zero attached hydrogens (tertiary/aromatic N) is 3. The summed E-state index contributed by atoms with van der Waals surface area (Å²) in [6.07, 6.45) is 1.89. The quantitative estimate of drug-likeness (QED) is 0.210. The van der Waals surface area contributed by atoms with Gasteiger partial charge in [-0.1, -0.05) is 97.1 Å². The van der Waals surface area contributed by atoms with Crippen molar-refractivity contribution < 1.29 is 0 Å². The number of fused-ring (bicyclic) bond motifs is 6. The van der Waals surface area contributed by atoms with E-state index in [2.05, 4.69) is 161 Å². The number of rotatable bonds is 4. The van der Waals surface area contributed by atoms with Crippen LogP contribution in [0.3, 0.4) is 0 Å². The Hall–Kier alpha value is -5.93. The minimum atomic E-state index is 1.02. The molecule has 0 saturated carbocycles. The van der Waals surface area contributed by atoms with E-state index in [1.807, 2.05) is 12.3 Å². The second-order valence-electron chi connectivity index (χ2n) is 11.2. The molecule has 3 nitrogen and oxygen atoms in total. The first-order valence-electron chi connectivity index (χ1n) is 15.0. The maximum atomic E-state index is 4.83. The van der Waals surface area contributed by atoms with E-state index in [1.165, 1.54) is 49.7 Å². The standard InChI is InChI=1S/C41H27N3/c1-3-12-28(13-4-1)32-16-7-9-18-36(32)44-37-19-10-8-17-33(37)34-26-29(21-23-38(34)44)30-22-24-39-35(27-30)41-40(20-11-25-42-41)43(39)31-14-5-2-6-15-31/h1-27H. The van der Waals surface area contributed by atoms with E-state index in [1.54, 1.807) is 0 Å². The van der Waals surface area contributed by atoms with Crippen LogP contribution < -0.4 is 0 Å². The van der Waals surface area contributed by atoms with E-state index in [4.69, 9.17) is 4.98 Å². The summed E-state index contributed by atoms with van der Waals surface area (Å²) in [7, 11) is 0. The predicted molar refractivity (Wildman–Crippen MR) is 184 cm³/mol. The molecule has 0 unspecified atom stereocenters. The van der Waals surface area contributed by atoms with Crippen LogP contribution >= 0.6 is 0 Å². The number of benzene rings is 6. The van der Waals surface area contributed by atoms with Gasteiger partial charge in [0.25, 0.3) is 0 Å². The molecule has 3 heteroatoms. The second kappa shape index (κ2) is 9.82. The molecule has 0 aliphatic heterocycles. The van der Waals surface area contributed by atoms with Crippen LogP contribution in [0.5, 0.6) is 0 Å². The fourth-order valence-electron chi connectivity index (χ4n) is 6.81. The van der Waals surface area contributed by atoms with Crippen LogP contribution in [0, 0.1) is 0 Å². The van der Waals surface area contributed by atoms with Crippen molar-refractivity contribution in [3.63, 3.8) is 0 Å². The Kier molecular flexibility index (Phi) is 5.50. The normalized spacial score (nSPS) is 11.6. The molecule has 206 valence electrons. The molecule has 6 aromatic carbocycles. The lowest BCUT2D eigenvalue weighted by Crippen LogP contribution is -1.97. The van der Waals surface area contributed by atoms with E-state index in [0.717, 1.165) is 27.6 Å². The maximum absolute atomic E-state index is 4.83. The lowest BCUT2D eigenvalue weighted by molar-refractivity contribution is 1.18. The number of para-hydroxylation sites is 3. The monoisotopic (exact) mass is 561 g/mol. The summed E-state index contributed by atoms with van der Waals surface area (Å²) in [6, 6.07) is 56.5. The molecule has 3 heterocycles. The number of pyridine rings is 1. The van der Waals surface area contributed by atoms with Gasteiger partial charge in [0, 0.05) is 33.6 Å². The molecule has 0 amide bonds. The molecule has 0 aliphatic rings. The van der Waals surface area contributed by atoms with E-state index < -0.39 is 0 Å². The highest BCUT2D eigenvalue weighted by atomic mass is 15.0. The highest BCUT2D eigenvalue weighted by Gasteiger charge is 2.17. The third-order valence-corrected chi connectivity index (χ3v) is 8.77. The first-order valence-corrected chi connectivity index (χ1v) is 15.0. The Morgan fingerprint density at radius 2 is 1.00 bits per heavy atom. The van der Waals surface area contributed by atoms with Crippen molar-refractivity contribution in [3.8, 4) is 33.6 Å². The summed E-state index contributed by atoms with van der Waals surface area (Å²) in [5.74, 6) is 0. The average molecular weight is 562 g/mol. The van der Waals surface area contributed by atoms with Crippen molar-refractivity contribution in [3.05, 3.63) is 164 Å². The predicted octanol–water partition coefficient (Wildman–Crippen LogP) is 10.6. The molecule has 44 heavy (non-hydrogen) atoms. The number of hydrogen-bond donors (Lipinski definition) is 0. The van der Waals surface area contributed by atoms with Gasteiger partial charge in [-0.3, -0.25) is 4.98 Å². The van der Waals surface area contributed by atoms with Crippen LogP contribution in [0.15, 0.2) is 164 Å². The molecule has 0 fully saturated rings. The Labute approximate surface area is 254 Å². The minimum absolute atomic E-state index is 1.02. The molecule has 9 aromatic rings. The van der Waals surface area contributed by atoms with Gasteiger partial charge < -0.3 is 9.13 Å². The Bertz CT molecular complexity index is 2480. The second-order valence-corrected chi connectivity index (χ2v) is 11.2. The number of hydrogen-bond acceptors (Lipinski definition) is 1. The molecule has 9 rings (SSSR count). The van der Waals surface area contributed by atoms with Crippen molar-refractivity contribution >= 4 is 43.7 Å². The lowest BCUT2D eigenvalue weighted by Gasteiger charge is -2.14. The van der Waals surface area contributed by atoms with Crippen molar-refractivity contribution in [2.24, 2.45) is 0 Å². The van der Waals surface area contributed by atoms with Gasteiger partial charge in [-0.05, 0) is 77.4 Å². The fraction of sp³-hybridized carbons (Fsp3) is 0. The van der Waals surface area contributed by atoms with Crippen molar-refractivity contribution in [1.29, 1.82) is 0 Å². The molecule has 3 aromatic heterocycles. The molecule has 0 N–H and O–H groups in total. The molecule has 0 radical (unpaired) electrons. The van der Waals surface area contributed by atoms with Gasteiger partial charge in [0.15, 0.2) is 0 Å². The van der Waals surface area contributed by atoms with Gasteiger partial charge >= 0.3 is 0 Å². The first-order chi connectivity index (χ1) is 21.8. The van der Waals surface area contributed by atoms with Gasteiger partial charge in [0.2, 0.25) is 0 Å². The largest absolute Gasteiger partial charge is 0.309 e. The lowest BCUT2D eigenvalue weighted by atomic mass is 10.0. The van der Waals surface area contributed by atoms with E-state index >= 15 is 0 Å². The van der Waals surface area contributed by atoms with E-state index in [0.29, 0.717) is 0 Å². The van der Waals surface area contributed by atoms with E-state index in [9.17, 15) is 0 Å². The van der Waals surface area contributed by atoms with Crippen molar-refractivity contribution in [2.45, 2.75) is 0 Å². The minimum Gasteiger partial charge on any atom is -0.309 e. The third-order valence-electron chi connectivity index (χ3n) is 8.77. The third kappa shape index (κ3) is 3.73. The zero-order valence-corrected chi connectivity index (χ0v) is 23.9. The van der Waals surface area contributed by atoms with E-state index in [-0.39, 0.29) is 0 Å². The van der Waals surface area contributed by atoms with Crippen LogP contribution in [-0.4, -0.2) is 14.1 Å². The fourth-order valence-corrected chi connectivity index (χ4v) is 6.81. The summed E-state index contributed by atoms with van der Waals surface area (Å²) in [5.41, 5.74) is 12.8. The highest BCUT2D eigenvalue weighted by molar-refractivity contribution is 6.12. The van der Waals surface area contributed by atoms with Crippen LogP contribution in [0.4, 0.5) is 0 Å². The Morgan fingerprint density at radius 3 is 1.82 bits per heavy atom. The molecular weight excluding hydrogens is 534 g/mol. The SMILES string of the molecule is c1ccc(-c2ccccc2-n2c3ccccc3c3cc(-c4ccc5c(c4)c4ncccc4n5-c4ccccc4)ccc32)cc1. The maximum Gasteiger partial charge on any atom is 0.0963 e. The molecule has 0 aliphatic carbocycles.